The van der Waals surface area contributed by atoms with Gasteiger partial charge in [-0.2, -0.15) is 0 Å². The summed E-state index contributed by atoms with van der Waals surface area (Å²) in [5, 5.41) is 2.71. The van der Waals surface area contributed by atoms with Crippen molar-refractivity contribution >= 4 is 12.0 Å². The third kappa shape index (κ3) is 4.52. The number of carbonyl (C=O) groups excluding carboxylic acids is 2. The molecule has 3 N–H and O–H groups in total. The summed E-state index contributed by atoms with van der Waals surface area (Å²) in [6, 6.07) is 0.00771. The standard InChI is InChI=1S/C12H23N3O3/c1-9(7-13)3-4-11(16)15-6-5-10(8-15)14-12(17)18-2/h9-10H,3-8,13H2,1-2H3,(H,14,17). The summed E-state index contributed by atoms with van der Waals surface area (Å²) in [6.45, 7) is 3.92. The molecule has 1 aliphatic heterocycles. The number of rotatable bonds is 5. The Morgan fingerprint density at radius 1 is 1.56 bits per heavy atom. The molecule has 0 aromatic rings. The quantitative estimate of drug-likeness (QED) is 0.742. The molecule has 1 aliphatic rings. The normalized spacial score (nSPS) is 20.6. The highest BCUT2D eigenvalue weighted by Gasteiger charge is 2.27. The molecule has 2 amide bonds. The lowest BCUT2D eigenvalue weighted by atomic mass is 10.1. The van der Waals surface area contributed by atoms with Crippen molar-refractivity contribution in [3.8, 4) is 0 Å². The number of hydrogen-bond acceptors (Lipinski definition) is 4. The van der Waals surface area contributed by atoms with Crippen LogP contribution in [0.4, 0.5) is 4.79 Å². The first-order chi connectivity index (χ1) is 8.56. The van der Waals surface area contributed by atoms with Gasteiger partial charge in [-0.1, -0.05) is 6.92 Å². The van der Waals surface area contributed by atoms with Crippen LogP contribution in [0.5, 0.6) is 0 Å². The van der Waals surface area contributed by atoms with Gasteiger partial charge < -0.3 is 20.7 Å². The van der Waals surface area contributed by atoms with E-state index in [4.69, 9.17) is 5.73 Å². The summed E-state index contributed by atoms with van der Waals surface area (Å²) in [5.41, 5.74) is 5.52. The van der Waals surface area contributed by atoms with Crippen LogP contribution in [0.3, 0.4) is 0 Å². The molecule has 2 unspecified atom stereocenters. The average molecular weight is 257 g/mol. The molecule has 1 heterocycles. The zero-order valence-electron chi connectivity index (χ0n) is 11.1. The van der Waals surface area contributed by atoms with Crippen LogP contribution >= 0.6 is 0 Å². The van der Waals surface area contributed by atoms with Crippen molar-refractivity contribution in [3.05, 3.63) is 0 Å². The van der Waals surface area contributed by atoms with Crippen LogP contribution in [0, 0.1) is 5.92 Å². The molecule has 1 saturated heterocycles. The topological polar surface area (TPSA) is 84.7 Å². The molecule has 0 saturated carbocycles. The summed E-state index contributed by atoms with van der Waals surface area (Å²) in [4.78, 5) is 24.8. The van der Waals surface area contributed by atoms with E-state index in [-0.39, 0.29) is 11.9 Å². The van der Waals surface area contributed by atoms with Crippen LogP contribution in [0.2, 0.25) is 0 Å². The van der Waals surface area contributed by atoms with Gasteiger partial charge in [0.1, 0.15) is 0 Å². The molecule has 0 spiro atoms. The molecule has 6 nitrogen and oxygen atoms in total. The van der Waals surface area contributed by atoms with E-state index in [0.717, 1.165) is 12.8 Å². The fourth-order valence-corrected chi connectivity index (χ4v) is 1.98. The first-order valence-corrected chi connectivity index (χ1v) is 6.39. The molecule has 0 radical (unpaired) electrons. The molecule has 1 fully saturated rings. The summed E-state index contributed by atoms with van der Waals surface area (Å²) in [5.74, 6) is 0.519. The SMILES string of the molecule is COC(=O)NC1CCN(C(=O)CCC(C)CN)C1. The molecular weight excluding hydrogens is 234 g/mol. The molecule has 1 rings (SSSR count). The number of alkyl carbamates (subject to hydrolysis) is 1. The summed E-state index contributed by atoms with van der Waals surface area (Å²) < 4.78 is 4.53. The number of hydrogen-bond donors (Lipinski definition) is 2. The highest BCUT2D eigenvalue weighted by molar-refractivity contribution is 5.76. The molecule has 0 aromatic heterocycles. The number of nitrogens with zero attached hydrogens (tertiary/aromatic N) is 1. The lowest BCUT2D eigenvalue weighted by molar-refractivity contribution is -0.130. The van der Waals surface area contributed by atoms with Crippen molar-refractivity contribution < 1.29 is 14.3 Å². The number of methoxy groups -OCH3 is 1. The molecular formula is C12H23N3O3. The Morgan fingerprint density at radius 3 is 2.89 bits per heavy atom. The minimum Gasteiger partial charge on any atom is -0.453 e. The lowest BCUT2D eigenvalue weighted by Gasteiger charge is -2.17. The highest BCUT2D eigenvalue weighted by atomic mass is 16.5. The summed E-state index contributed by atoms with van der Waals surface area (Å²) in [7, 11) is 1.33. The number of amides is 2. The van der Waals surface area contributed by atoms with Gasteiger partial charge in [-0.05, 0) is 25.3 Å². The van der Waals surface area contributed by atoms with Gasteiger partial charge in [-0.3, -0.25) is 4.79 Å². The van der Waals surface area contributed by atoms with E-state index in [2.05, 4.69) is 10.1 Å². The number of nitrogens with one attached hydrogen (secondary N) is 1. The number of ether oxygens (including phenoxy) is 1. The van der Waals surface area contributed by atoms with E-state index in [1.807, 2.05) is 6.92 Å². The van der Waals surface area contributed by atoms with Crippen LogP contribution < -0.4 is 11.1 Å². The van der Waals surface area contributed by atoms with Gasteiger partial charge in [0.2, 0.25) is 5.91 Å². The largest absolute Gasteiger partial charge is 0.453 e. The second-order valence-corrected chi connectivity index (χ2v) is 4.84. The van der Waals surface area contributed by atoms with Gasteiger partial charge in [0, 0.05) is 19.5 Å². The Balaban J connectivity index is 2.28. The predicted octanol–water partition coefficient (Wildman–Crippen LogP) is 0.318. The summed E-state index contributed by atoms with van der Waals surface area (Å²) in [6.07, 6.45) is 1.70. The number of nitrogens with two attached hydrogens (primary N) is 1. The Bertz CT molecular complexity index is 296. The maximum atomic E-state index is 11.9. The van der Waals surface area contributed by atoms with Gasteiger partial charge in [0.05, 0.1) is 13.2 Å². The molecule has 0 aliphatic carbocycles. The van der Waals surface area contributed by atoms with Crippen LogP contribution in [0.1, 0.15) is 26.2 Å². The Labute approximate surface area is 108 Å². The number of carbonyl (C=O) groups is 2. The predicted molar refractivity (Wildman–Crippen MR) is 68.0 cm³/mol. The maximum Gasteiger partial charge on any atom is 0.407 e. The molecule has 2 atom stereocenters. The zero-order valence-corrected chi connectivity index (χ0v) is 11.1. The second-order valence-electron chi connectivity index (χ2n) is 4.84. The van der Waals surface area contributed by atoms with E-state index in [9.17, 15) is 9.59 Å². The third-order valence-electron chi connectivity index (χ3n) is 3.30. The number of likely N-dealkylation sites (tertiary alicyclic amines) is 1. The van der Waals surface area contributed by atoms with E-state index < -0.39 is 6.09 Å². The van der Waals surface area contributed by atoms with Crippen molar-refractivity contribution in [2.24, 2.45) is 11.7 Å². The van der Waals surface area contributed by atoms with Crippen LogP contribution in [-0.4, -0.2) is 49.7 Å². The van der Waals surface area contributed by atoms with Gasteiger partial charge in [-0.15, -0.1) is 0 Å². The average Bonchev–Trinajstić information content (AvgIpc) is 2.83. The Morgan fingerprint density at radius 2 is 2.28 bits per heavy atom. The van der Waals surface area contributed by atoms with Gasteiger partial charge in [0.15, 0.2) is 0 Å². The molecule has 18 heavy (non-hydrogen) atoms. The fourth-order valence-electron chi connectivity index (χ4n) is 1.98. The van der Waals surface area contributed by atoms with Crippen molar-refractivity contribution in [2.75, 3.05) is 26.7 Å². The molecule has 0 bridgehead atoms. The monoisotopic (exact) mass is 257 g/mol. The van der Waals surface area contributed by atoms with E-state index in [1.54, 1.807) is 4.90 Å². The van der Waals surface area contributed by atoms with E-state index in [0.29, 0.717) is 32.0 Å². The fraction of sp³-hybridized carbons (Fsp3) is 0.833. The first kappa shape index (κ1) is 14.8. The lowest BCUT2D eigenvalue weighted by Crippen LogP contribution is -2.38. The second kappa shape index (κ2) is 7.20. The maximum absolute atomic E-state index is 11.9. The molecule has 6 heteroatoms. The highest BCUT2D eigenvalue weighted by Crippen LogP contribution is 2.13. The van der Waals surface area contributed by atoms with Crippen LogP contribution in [0.25, 0.3) is 0 Å². The van der Waals surface area contributed by atoms with Crippen molar-refractivity contribution in [3.63, 3.8) is 0 Å². The third-order valence-corrected chi connectivity index (χ3v) is 3.30. The Kier molecular flexibility index (Phi) is 5.91. The Hall–Kier alpha value is -1.30. The van der Waals surface area contributed by atoms with Crippen LogP contribution in [-0.2, 0) is 9.53 Å². The minimum absolute atomic E-state index is 0.00771. The molecule has 0 aromatic carbocycles. The van der Waals surface area contributed by atoms with E-state index in [1.165, 1.54) is 7.11 Å². The van der Waals surface area contributed by atoms with Crippen molar-refractivity contribution in [1.82, 2.24) is 10.2 Å². The van der Waals surface area contributed by atoms with Crippen LogP contribution in [0.15, 0.2) is 0 Å². The van der Waals surface area contributed by atoms with Gasteiger partial charge >= 0.3 is 6.09 Å². The van der Waals surface area contributed by atoms with Gasteiger partial charge in [0.25, 0.3) is 0 Å². The smallest absolute Gasteiger partial charge is 0.407 e. The van der Waals surface area contributed by atoms with E-state index >= 15 is 0 Å². The van der Waals surface area contributed by atoms with Crippen molar-refractivity contribution in [2.45, 2.75) is 32.2 Å². The summed E-state index contributed by atoms with van der Waals surface area (Å²) >= 11 is 0. The zero-order chi connectivity index (χ0) is 13.5. The van der Waals surface area contributed by atoms with Crippen molar-refractivity contribution in [1.29, 1.82) is 0 Å². The molecule has 104 valence electrons. The van der Waals surface area contributed by atoms with Gasteiger partial charge in [-0.25, -0.2) is 4.79 Å². The minimum atomic E-state index is -0.439. The first-order valence-electron chi connectivity index (χ1n) is 6.39.